The van der Waals surface area contributed by atoms with E-state index in [1.165, 1.54) is 6.07 Å². The molecule has 0 aliphatic heterocycles. The van der Waals surface area contributed by atoms with E-state index in [4.69, 9.17) is 10.2 Å². The summed E-state index contributed by atoms with van der Waals surface area (Å²) in [6.07, 6.45) is -4.63. The lowest BCUT2D eigenvalue weighted by Crippen LogP contribution is -2.06. The van der Waals surface area contributed by atoms with Crippen LogP contribution in [0.5, 0.6) is 5.75 Å². The van der Waals surface area contributed by atoms with Crippen LogP contribution in [0.3, 0.4) is 0 Å². The average Bonchev–Trinajstić information content (AvgIpc) is 2.06. The highest BCUT2D eigenvalue weighted by atomic mass is 79.9. The maximum Gasteiger partial charge on any atom is 0.420 e. The van der Waals surface area contributed by atoms with Crippen LogP contribution in [-0.2, 0) is 12.8 Å². The molecule has 1 aromatic carbocycles. The smallest absolute Gasteiger partial charge is 0.420 e. The molecule has 0 heterocycles. The number of benzene rings is 1. The Labute approximate surface area is 86.1 Å². The van der Waals surface area contributed by atoms with Gasteiger partial charge >= 0.3 is 6.18 Å². The van der Waals surface area contributed by atoms with E-state index < -0.39 is 24.1 Å². The highest BCUT2D eigenvalue weighted by molar-refractivity contribution is 9.10. The molecule has 0 aromatic heterocycles. The first-order chi connectivity index (χ1) is 6.36. The fourth-order valence-corrected chi connectivity index (χ4v) is 1.50. The van der Waals surface area contributed by atoms with E-state index >= 15 is 0 Å². The summed E-state index contributed by atoms with van der Waals surface area (Å²) in [4.78, 5) is 0. The molecule has 0 atom stereocenters. The van der Waals surface area contributed by atoms with Crippen molar-refractivity contribution in [3.8, 4) is 5.75 Å². The van der Waals surface area contributed by atoms with E-state index in [0.717, 1.165) is 6.07 Å². The minimum Gasteiger partial charge on any atom is -0.507 e. The summed E-state index contributed by atoms with van der Waals surface area (Å²) in [7, 11) is 0. The molecule has 0 amide bonds. The minimum absolute atomic E-state index is 0.159. The average molecular weight is 271 g/mol. The van der Waals surface area contributed by atoms with Crippen LogP contribution in [0, 0.1) is 0 Å². The van der Waals surface area contributed by atoms with E-state index in [1.54, 1.807) is 0 Å². The molecular weight excluding hydrogens is 265 g/mol. The molecule has 0 unspecified atom stereocenters. The van der Waals surface area contributed by atoms with Gasteiger partial charge in [0.2, 0.25) is 0 Å². The first kappa shape index (κ1) is 11.3. The fraction of sp³-hybridized carbons (Fsp3) is 0.250. The molecule has 1 rings (SSSR count). The second-order valence-corrected chi connectivity index (χ2v) is 3.53. The summed E-state index contributed by atoms with van der Waals surface area (Å²) >= 11 is 2.86. The SMILES string of the molecule is OCc1cc(Br)cc(C(F)(F)F)c1O. The van der Waals surface area contributed by atoms with Crippen molar-refractivity contribution < 1.29 is 23.4 Å². The molecule has 2 nitrogen and oxygen atoms in total. The van der Waals surface area contributed by atoms with Crippen molar-refractivity contribution in [2.75, 3.05) is 0 Å². The molecule has 1 aromatic rings. The summed E-state index contributed by atoms with van der Waals surface area (Å²) in [6, 6.07) is 1.99. The zero-order valence-corrected chi connectivity index (χ0v) is 8.35. The second kappa shape index (κ2) is 3.78. The van der Waals surface area contributed by atoms with Crippen LogP contribution in [0.2, 0.25) is 0 Å². The van der Waals surface area contributed by atoms with Crippen molar-refractivity contribution in [2.24, 2.45) is 0 Å². The molecule has 0 aliphatic rings. The summed E-state index contributed by atoms with van der Waals surface area (Å²) in [6.45, 7) is -0.644. The number of alkyl halides is 3. The van der Waals surface area contributed by atoms with Crippen LogP contribution in [0.1, 0.15) is 11.1 Å². The number of aliphatic hydroxyl groups is 1. The van der Waals surface area contributed by atoms with Crippen molar-refractivity contribution in [3.63, 3.8) is 0 Å². The number of hydrogen-bond donors (Lipinski definition) is 2. The van der Waals surface area contributed by atoms with Crippen molar-refractivity contribution in [1.82, 2.24) is 0 Å². The molecule has 14 heavy (non-hydrogen) atoms. The Kier molecular flexibility index (Phi) is 3.06. The predicted octanol–water partition coefficient (Wildman–Crippen LogP) is 2.67. The van der Waals surface area contributed by atoms with Gasteiger partial charge in [0.05, 0.1) is 12.2 Å². The van der Waals surface area contributed by atoms with Crippen molar-refractivity contribution in [1.29, 1.82) is 0 Å². The first-order valence-electron chi connectivity index (χ1n) is 3.55. The van der Waals surface area contributed by atoms with Gasteiger partial charge in [-0.1, -0.05) is 15.9 Å². The van der Waals surface area contributed by atoms with Crippen molar-refractivity contribution in [3.05, 3.63) is 27.7 Å². The lowest BCUT2D eigenvalue weighted by molar-refractivity contribution is -0.138. The van der Waals surface area contributed by atoms with Crippen LogP contribution in [0.4, 0.5) is 13.2 Å². The lowest BCUT2D eigenvalue weighted by atomic mass is 10.1. The monoisotopic (exact) mass is 270 g/mol. The van der Waals surface area contributed by atoms with Gasteiger partial charge in [-0.3, -0.25) is 0 Å². The van der Waals surface area contributed by atoms with Crippen LogP contribution in [0.15, 0.2) is 16.6 Å². The topological polar surface area (TPSA) is 40.5 Å². The third-order valence-corrected chi connectivity index (χ3v) is 2.09. The molecule has 0 saturated heterocycles. The van der Waals surface area contributed by atoms with E-state index in [0.29, 0.717) is 0 Å². The highest BCUT2D eigenvalue weighted by Gasteiger charge is 2.35. The van der Waals surface area contributed by atoms with Gasteiger partial charge in [0, 0.05) is 10.0 Å². The fourth-order valence-electron chi connectivity index (χ4n) is 0.992. The van der Waals surface area contributed by atoms with Crippen molar-refractivity contribution in [2.45, 2.75) is 12.8 Å². The Morgan fingerprint density at radius 3 is 2.29 bits per heavy atom. The molecule has 0 spiro atoms. The Morgan fingerprint density at radius 1 is 1.29 bits per heavy atom. The van der Waals surface area contributed by atoms with E-state index in [1.807, 2.05) is 0 Å². The van der Waals surface area contributed by atoms with Gasteiger partial charge in [0.15, 0.2) is 0 Å². The molecule has 0 fully saturated rings. The zero-order valence-electron chi connectivity index (χ0n) is 6.77. The summed E-state index contributed by atoms with van der Waals surface area (Å²) in [5, 5.41) is 17.8. The van der Waals surface area contributed by atoms with Crippen LogP contribution in [-0.4, -0.2) is 10.2 Å². The minimum atomic E-state index is -4.63. The Bertz CT molecular complexity index is 349. The molecule has 2 N–H and O–H groups in total. The van der Waals surface area contributed by atoms with E-state index in [-0.39, 0.29) is 10.0 Å². The number of aliphatic hydroxyl groups excluding tert-OH is 1. The Hall–Kier alpha value is -0.750. The van der Waals surface area contributed by atoms with Gasteiger partial charge in [-0.2, -0.15) is 13.2 Å². The second-order valence-electron chi connectivity index (χ2n) is 2.62. The maximum atomic E-state index is 12.3. The highest BCUT2D eigenvalue weighted by Crippen LogP contribution is 2.39. The third-order valence-electron chi connectivity index (χ3n) is 1.63. The van der Waals surface area contributed by atoms with Crippen LogP contribution < -0.4 is 0 Å². The molecule has 78 valence electrons. The molecular formula is C8H6BrF3O2. The van der Waals surface area contributed by atoms with Gasteiger partial charge < -0.3 is 10.2 Å². The number of aromatic hydroxyl groups is 1. The van der Waals surface area contributed by atoms with Gasteiger partial charge in [-0.15, -0.1) is 0 Å². The molecule has 6 heteroatoms. The van der Waals surface area contributed by atoms with Crippen molar-refractivity contribution >= 4 is 15.9 Å². The number of hydrogen-bond acceptors (Lipinski definition) is 2. The molecule has 0 aliphatic carbocycles. The van der Waals surface area contributed by atoms with Crippen LogP contribution >= 0.6 is 15.9 Å². The van der Waals surface area contributed by atoms with Gasteiger partial charge in [0.25, 0.3) is 0 Å². The van der Waals surface area contributed by atoms with E-state index in [9.17, 15) is 13.2 Å². The summed E-state index contributed by atoms with van der Waals surface area (Å²) in [5.41, 5.74) is -1.32. The Balaban J connectivity index is 3.37. The van der Waals surface area contributed by atoms with Gasteiger partial charge in [0.1, 0.15) is 5.75 Å². The predicted molar refractivity (Wildman–Crippen MR) is 46.7 cm³/mol. The molecule has 0 bridgehead atoms. The Morgan fingerprint density at radius 2 is 1.86 bits per heavy atom. The number of rotatable bonds is 1. The summed E-state index contributed by atoms with van der Waals surface area (Å²) in [5.74, 6) is -0.928. The quantitative estimate of drug-likeness (QED) is 0.824. The van der Waals surface area contributed by atoms with E-state index in [2.05, 4.69) is 15.9 Å². The largest absolute Gasteiger partial charge is 0.507 e. The lowest BCUT2D eigenvalue weighted by Gasteiger charge is -2.11. The summed E-state index contributed by atoms with van der Waals surface area (Å²) < 4.78 is 37.0. The first-order valence-corrected chi connectivity index (χ1v) is 4.35. The third kappa shape index (κ3) is 2.19. The van der Waals surface area contributed by atoms with Gasteiger partial charge in [-0.25, -0.2) is 0 Å². The van der Waals surface area contributed by atoms with Crippen LogP contribution in [0.25, 0.3) is 0 Å². The zero-order chi connectivity index (χ0) is 10.9. The molecule has 0 saturated carbocycles. The molecule has 0 radical (unpaired) electrons. The standard InChI is InChI=1S/C8H6BrF3O2/c9-5-1-4(3-13)7(14)6(2-5)8(10,11)12/h1-2,13-14H,3H2. The number of phenols is 1. The van der Waals surface area contributed by atoms with Gasteiger partial charge in [-0.05, 0) is 12.1 Å². The maximum absolute atomic E-state index is 12.3. The number of halogens is 4. The normalized spacial score (nSPS) is 11.8.